The maximum atomic E-state index is 12.1. The molecule has 0 amide bonds. The smallest absolute Gasteiger partial charge is 0.373 e. The highest BCUT2D eigenvalue weighted by Crippen LogP contribution is 2.13. The minimum atomic E-state index is -0.596. The summed E-state index contributed by atoms with van der Waals surface area (Å²) in [5, 5.41) is 10.8. The quantitative estimate of drug-likeness (QED) is 0.646. The summed E-state index contributed by atoms with van der Waals surface area (Å²) < 4.78 is 16.3. The molecule has 0 saturated heterocycles. The van der Waals surface area contributed by atoms with Crippen molar-refractivity contribution in [3.63, 3.8) is 0 Å². The molecule has 0 aliphatic carbocycles. The van der Waals surface area contributed by atoms with Crippen molar-refractivity contribution >= 4 is 11.9 Å². The van der Waals surface area contributed by atoms with Gasteiger partial charge in [-0.1, -0.05) is 6.07 Å². The Morgan fingerprint density at radius 1 is 1.21 bits per heavy atom. The first-order valence-electron chi connectivity index (χ1n) is 6.85. The number of methoxy groups -OCH3 is 1. The van der Waals surface area contributed by atoms with Gasteiger partial charge < -0.3 is 13.9 Å². The number of nitrogens with zero attached hydrogens (tertiary/aromatic N) is 4. The molecule has 2 aromatic heterocycles. The summed E-state index contributed by atoms with van der Waals surface area (Å²) in [5.74, 6) is -0.757. The van der Waals surface area contributed by atoms with Gasteiger partial charge in [0.25, 0.3) is 0 Å². The van der Waals surface area contributed by atoms with Gasteiger partial charge in [-0.3, -0.25) is 0 Å². The Balaban J connectivity index is 1.66. The highest BCUT2D eigenvalue weighted by Gasteiger charge is 2.14. The maximum Gasteiger partial charge on any atom is 0.373 e. The predicted octanol–water partition coefficient (Wildman–Crippen LogP) is 1.40. The second-order valence-corrected chi connectivity index (χ2v) is 4.64. The van der Waals surface area contributed by atoms with E-state index >= 15 is 0 Å². The third-order valence-corrected chi connectivity index (χ3v) is 3.09. The zero-order valence-corrected chi connectivity index (χ0v) is 12.6. The minimum Gasteiger partial charge on any atom is -0.463 e. The number of benzene rings is 1. The van der Waals surface area contributed by atoms with E-state index in [2.05, 4.69) is 20.3 Å². The number of rotatable bonds is 5. The molecule has 122 valence electrons. The SMILES string of the molecule is COC(=O)c1ccc(COC(=O)c2cccc(-n3cnnn3)c2)o1. The normalized spacial score (nSPS) is 10.4. The summed E-state index contributed by atoms with van der Waals surface area (Å²) in [6.07, 6.45) is 1.42. The van der Waals surface area contributed by atoms with E-state index in [0.29, 0.717) is 17.0 Å². The lowest BCUT2D eigenvalue weighted by Gasteiger charge is -2.05. The van der Waals surface area contributed by atoms with Gasteiger partial charge in [0.05, 0.1) is 18.4 Å². The fourth-order valence-corrected chi connectivity index (χ4v) is 1.94. The molecule has 0 fully saturated rings. The Morgan fingerprint density at radius 2 is 2.08 bits per heavy atom. The van der Waals surface area contributed by atoms with Crippen LogP contribution in [0.5, 0.6) is 0 Å². The van der Waals surface area contributed by atoms with Crippen LogP contribution in [0, 0.1) is 0 Å². The number of hydrogen-bond acceptors (Lipinski definition) is 8. The molecular weight excluding hydrogens is 316 g/mol. The van der Waals surface area contributed by atoms with Gasteiger partial charge in [0.15, 0.2) is 0 Å². The van der Waals surface area contributed by atoms with E-state index in [9.17, 15) is 9.59 Å². The summed E-state index contributed by atoms with van der Waals surface area (Å²) >= 11 is 0. The number of carbonyl (C=O) groups is 2. The van der Waals surface area contributed by atoms with Crippen LogP contribution in [-0.2, 0) is 16.1 Å². The summed E-state index contributed by atoms with van der Waals surface area (Å²) in [5.41, 5.74) is 0.961. The minimum absolute atomic E-state index is 0.0456. The average Bonchev–Trinajstić information content (AvgIpc) is 3.30. The molecule has 2 heterocycles. The van der Waals surface area contributed by atoms with Crippen molar-refractivity contribution < 1.29 is 23.5 Å². The van der Waals surface area contributed by atoms with Crippen LogP contribution < -0.4 is 0 Å². The van der Waals surface area contributed by atoms with Crippen LogP contribution in [0.1, 0.15) is 26.7 Å². The largest absolute Gasteiger partial charge is 0.463 e. The average molecular weight is 328 g/mol. The monoisotopic (exact) mass is 328 g/mol. The van der Waals surface area contributed by atoms with Gasteiger partial charge in [0.2, 0.25) is 5.76 Å². The van der Waals surface area contributed by atoms with Crippen LogP contribution in [0.4, 0.5) is 0 Å². The number of esters is 2. The lowest BCUT2D eigenvalue weighted by Crippen LogP contribution is -2.06. The highest BCUT2D eigenvalue weighted by atomic mass is 16.5. The lowest BCUT2D eigenvalue weighted by molar-refractivity contribution is 0.0438. The van der Waals surface area contributed by atoms with E-state index in [1.54, 1.807) is 24.3 Å². The Kier molecular flexibility index (Phi) is 4.32. The zero-order chi connectivity index (χ0) is 16.9. The van der Waals surface area contributed by atoms with E-state index < -0.39 is 11.9 Å². The fourth-order valence-electron chi connectivity index (χ4n) is 1.94. The Hall–Kier alpha value is -3.49. The van der Waals surface area contributed by atoms with Crippen LogP contribution in [0.2, 0.25) is 0 Å². The van der Waals surface area contributed by atoms with Crippen LogP contribution in [0.3, 0.4) is 0 Å². The number of tetrazole rings is 1. The van der Waals surface area contributed by atoms with Gasteiger partial charge in [-0.15, -0.1) is 5.10 Å². The van der Waals surface area contributed by atoms with Crippen LogP contribution in [0.25, 0.3) is 5.69 Å². The molecule has 0 spiro atoms. The first kappa shape index (κ1) is 15.4. The molecule has 0 aliphatic heterocycles. The van der Waals surface area contributed by atoms with E-state index in [1.807, 2.05) is 0 Å². The number of aromatic nitrogens is 4. The molecule has 9 nitrogen and oxygen atoms in total. The first-order chi connectivity index (χ1) is 11.7. The van der Waals surface area contributed by atoms with Crippen molar-refractivity contribution in [1.29, 1.82) is 0 Å². The Bertz CT molecular complexity index is 856. The Labute approximate surface area is 135 Å². The third-order valence-electron chi connectivity index (χ3n) is 3.09. The van der Waals surface area contributed by atoms with Crippen LogP contribution in [-0.4, -0.2) is 39.3 Å². The summed E-state index contributed by atoms with van der Waals surface area (Å²) in [4.78, 5) is 23.4. The summed E-state index contributed by atoms with van der Waals surface area (Å²) in [6.45, 7) is -0.106. The van der Waals surface area contributed by atoms with Crippen molar-refractivity contribution in [3.8, 4) is 5.69 Å². The molecule has 24 heavy (non-hydrogen) atoms. The molecule has 0 radical (unpaired) electrons. The van der Waals surface area contributed by atoms with Gasteiger partial charge in [0, 0.05) is 0 Å². The van der Waals surface area contributed by atoms with Crippen molar-refractivity contribution in [3.05, 3.63) is 59.8 Å². The fraction of sp³-hybridized carbons (Fsp3) is 0.133. The molecule has 1 aromatic carbocycles. The second-order valence-electron chi connectivity index (χ2n) is 4.64. The first-order valence-corrected chi connectivity index (χ1v) is 6.85. The Morgan fingerprint density at radius 3 is 2.83 bits per heavy atom. The van der Waals surface area contributed by atoms with Crippen LogP contribution >= 0.6 is 0 Å². The molecule has 0 atom stereocenters. The molecule has 9 heteroatoms. The van der Waals surface area contributed by atoms with Crippen molar-refractivity contribution in [2.75, 3.05) is 7.11 Å². The molecular formula is C15H12N4O5. The third kappa shape index (κ3) is 3.29. The van der Waals surface area contributed by atoms with Crippen molar-refractivity contribution in [2.45, 2.75) is 6.61 Å². The van der Waals surface area contributed by atoms with Gasteiger partial charge in [0.1, 0.15) is 18.7 Å². The van der Waals surface area contributed by atoms with E-state index in [-0.39, 0.29) is 12.4 Å². The molecule has 0 saturated carbocycles. The summed E-state index contributed by atoms with van der Waals surface area (Å²) in [7, 11) is 1.25. The standard InChI is InChI=1S/C15H12N4O5/c1-22-15(21)13-6-5-12(24-13)8-23-14(20)10-3-2-4-11(7-10)19-9-16-17-18-19/h2-7,9H,8H2,1H3. The predicted molar refractivity (Wildman–Crippen MR) is 78.3 cm³/mol. The summed E-state index contributed by atoms with van der Waals surface area (Å²) in [6, 6.07) is 9.64. The van der Waals surface area contributed by atoms with Crippen molar-refractivity contribution in [1.82, 2.24) is 20.2 Å². The van der Waals surface area contributed by atoms with E-state index in [0.717, 1.165) is 0 Å². The number of carbonyl (C=O) groups excluding carboxylic acids is 2. The van der Waals surface area contributed by atoms with Crippen molar-refractivity contribution in [2.24, 2.45) is 0 Å². The second kappa shape index (κ2) is 6.73. The molecule has 0 bridgehead atoms. The topological polar surface area (TPSA) is 109 Å². The molecule has 3 rings (SSSR count). The number of hydrogen-bond donors (Lipinski definition) is 0. The molecule has 0 unspecified atom stereocenters. The van der Waals surface area contributed by atoms with E-state index in [1.165, 1.54) is 30.3 Å². The molecule has 3 aromatic rings. The van der Waals surface area contributed by atoms with Gasteiger partial charge in [-0.25, -0.2) is 14.3 Å². The maximum absolute atomic E-state index is 12.1. The zero-order valence-electron chi connectivity index (χ0n) is 12.6. The number of ether oxygens (including phenoxy) is 2. The number of furan rings is 1. The highest BCUT2D eigenvalue weighted by molar-refractivity contribution is 5.90. The molecule has 0 N–H and O–H groups in total. The lowest BCUT2D eigenvalue weighted by atomic mass is 10.2. The van der Waals surface area contributed by atoms with Crippen LogP contribution in [0.15, 0.2) is 47.1 Å². The van der Waals surface area contributed by atoms with E-state index in [4.69, 9.17) is 9.15 Å². The van der Waals surface area contributed by atoms with Gasteiger partial charge >= 0.3 is 11.9 Å². The molecule has 0 aliphatic rings. The van der Waals surface area contributed by atoms with Gasteiger partial charge in [-0.05, 0) is 40.8 Å². The van der Waals surface area contributed by atoms with Gasteiger partial charge in [-0.2, -0.15) is 0 Å².